The Morgan fingerprint density at radius 1 is 1.47 bits per heavy atom. The molecule has 0 fully saturated rings. The smallest absolute Gasteiger partial charge is 0.234 e. The second-order valence-corrected chi connectivity index (χ2v) is 4.02. The summed E-state index contributed by atoms with van der Waals surface area (Å²) in [4.78, 5) is 8.23. The second kappa shape index (κ2) is 4.93. The van der Waals surface area contributed by atoms with Crippen LogP contribution in [0, 0.1) is 0 Å². The maximum atomic E-state index is 5.84. The van der Waals surface area contributed by atoms with Crippen LogP contribution in [-0.4, -0.2) is 28.7 Å². The minimum Gasteiger partial charge on any atom is -0.477 e. The first-order valence-corrected chi connectivity index (χ1v) is 4.99. The zero-order valence-corrected chi connectivity index (χ0v) is 9.45. The van der Waals surface area contributed by atoms with Crippen LogP contribution in [0.4, 0.5) is 5.82 Å². The van der Waals surface area contributed by atoms with Gasteiger partial charge in [0.25, 0.3) is 0 Å². The lowest BCUT2D eigenvalue weighted by atomic mass is 10.1. The van der Waals surface area contributed by atoms with E-state index >= 15 is 0 Å². The maximum absolute atomic E-state index is 5.84. The van der Waals surface area contributed by atoms with Crippen molar-refractivity contribution < 1.29 is 4.74 Å². The van der Waals surface area contributed by atoms with Crippen LogP contribution in [0.15, 0.2) is 12.4 Å². The Balaban J connectivity index is 2.57. The highest BCUT2D eigenvalue weighted by Gasteiger charge is 2.10. The Bertz CT molecular complexity index is 309. The van der Waals surface area contributed by atoms with Crippen molar-refractivity contribution in [3.05, 3.63) is 12.4 Å². The molecule has 0 aromatic carbocycles. The van der Waals surface area contributed by atoms with Gasteiger partial charge in [0.2, 0.25) is 5.88 Å². The molecule has 1 rings (SSSR count). The van der Waals surface area contributed by atoms with Gasteiger partial charge in [-0.25, -0.2) is 0 Å². The Morgan fingerprint density at radius 3 is 2.80 bits per heavy atom. The van der Waals surface area contributed by atoms with Crippen LogP contribution < -0.4 is 15.8 Å². The summed E-state index contributed by atoms with van der Waals surface area (Å²) in [5, 5.41) is 3.10. The molecule has 0 saturated heterocycles. The van der Waals surface area contributed by atoms with Crippen LogP contribution in [0.2, 0.25) is 0 Å². The zero-order chi connectivity index (χ0) is 11.3. The van der Waals surface area contributed by atoms with Crippen LogP contribution >= 0.6 is 0 Å². The number of nitrogens with one attached hydrogen (secondary N) is 1. The maximum Gasteiger partial charge on any atom is 0.234 e. The molecule has 0 unspecified atom stereocenters. The molecule has 5 nitrogen and oxygen atoms in total. The van der Waals surface area contributed by atoms with Crippen molar-refractivity contribution in [1.29, 1.82) is 0 Å². The van der Waals surface area contributed by atoms with E-state index in [0.29, 0.717) is 24.8 Å². The summed E-state index contributed by atoms with van der Waals surface area (Å²) in [6.07, 6.45) is 3.23. The third kappa shape index (κ3) is 4.60. The third-order valence-corrected chi connectivity index (χ3v) is 1.63. The van der Waals surface area contributed by atoms with Crippen LogP contribution in [0.1, 0.15) is 20.8 Å². The molecule has 5 heteroatoms. The molecule has 84 valence electrons. The predicted molar refractivity (Wildman–Crippen MR) is 60.0 cm³/mol. The van der Waals surface area contributed by atoms with Crippen molar-refractivity contribution in [3.63, 3.8) is 0 Å². The second-order valence-electron chi connectivity index (χ2n) is 4.02. The van der Waals surface area contributed by atoms with E-state index in [1.54, 1.807) is 12.4 Å². The molecule has 1 aromatic heterocycles. The zero-order valence-electron chi connectivity index (χ0n) is 9.45. The van der Waals surface area contributed by atoms with E-state index in [9.17, 15) is 0 Å². The fourth-order valence-electron chi connectivity index (χ4n) is 0.969. The van der Waals surface area contributed by atoms with Crippen molar-refractivity contribution in [2.75, 3.05) is 18.5 Å². The first-order chi connectivity index (χ1) is 7.01. The largest absolute Gasteiger partial charge is 0.477 e. The van der Waals surface area contributed by atoms with Crippen molar-refractivity contribution in [1.82, 2.24) is 9.97 Å². The van der Waals surface area contributed by atoms with Gasteiger partial charge in [0, 0.05) is 12.1 Å². The topological polar surface area (TPSA) is 73.1 Å². The minimum atomic E-state index is -0.275. The minimum absolute atomic E-state index is 0.275. The molecule has 0 aliphatic rings. The number of nitrogens with zero attached hydrogens (tertiary/aromatic N) is 2. The Hall–Kier alpha value is -1.36. The molecular formula is C10H18N4O. The van der Waals surface area contributed by atoms with Gasteiger partial charge in [0.15, 0.2) is 0 Å². The van der Waals surface area contributed by atoms with Gasteiger partial charge in [-0.05, 0) is 20.8 Å². The summed E-state index contributed by atoms with van der Waals surface area (Å²) in [5.74, 6) is 1.21. The normalized spacial score (nSPS) is 11.2. The number of rotatable bonds is 5. The van der Waals surface area contributed by atoms with E-state index in [-0.39, 0.29) is 5.54 Å². The standard InChI is InChI=1S/C10H18N4O/c1-4-15-9-6-12-5-8(14-9)13-7-10(2,3)11/h5-6H,4,7,11H2,1-3H3,(H,13,14). The molecule has 0 radical (unpaired) electrons. The van der Waals surface area contributed by atoms with Crippen molar-refractivity contribution in [2.24, 2.45) is 5.73 Å². The summed E-state index contributed by atoms with van der Waals surface area (Å²) < 4.78 is 5.23. The summed E-state index contributed by atoms with van der Waals surface area (Å²) in [7, 11) is 0. The van der Waals surface area contributed by atoms with E-state index in [1.807, 2.05) is 20.8 Å². The molecule has 0 atom stereocenters. The van der Waals surface area contributed by atoms with Crippen LogP contribution in [-0.2, 0) is 0 Å². The van der Waals surface area contributed by atoms with Crippen LogP contribution in [0.25, 0.3) is 0 Å². The molecule has 1 heterocycles. The molecule has 0 aliphatic heterocycles. The van der Waals surface area contributed by atoms with E-state index in [1.165, 1.54) is 0 Å². The van der Waals surface area contributed by atoms with Gasteiger partial charge in [-0.3, -0.25) is 4.98 Å². The molecule has 0 amide bonds. The van der Waals surface area contributed by atoms with Crippen molar-refractivity contribution >= 4 is 5.82 Å². The lowest BCUT2D eigenvalue weighted by Crippen LogP contribution is -2.39. The highest BCUT2D eigenvalue weighted by molar-refractivity contribution is 5.33. The van der Waals surface area contributed by atoms with Crippen molar-refractivity contribution in [3.8, 4) is 5.88 Å². The van der Waals surface area contributed by atoms with Crippen LogP contribution in [0.3, 0.4) is 0 Å². The summed E-state index contributed by atoms with van der Waals surface area (Å²) in [5.41, 5.74) is 5.56. The molecule has 0 aliphatic carbocycles. The van der Waals surface area contributed by atoms with E-state index in [4.69, 9.17) is 10.5 Å². The molecule has 0 spiro atoms. The quantitative estimate of drug-likeness (QED) is 0.759. The number of aromatic nitrogens is 2. The number of hydrogen-bond acceptors (Lipinski definition) is 5. The average Bonchev–Trinajstić information content (AvgIpc) is 2.15. The van der Waals surface area contributed by atoms with Gasteiger partial charge >= 0.3 is 0 Å². The highest BCUT2D eigenvalue weighted by Crippen LogP contribution is 2.09. The predicted octanol–water partition coefficient (Wildman–Crippen LogP) is 1.02. The highest BCUT2D eigenvalue weighted by atomic mass is 16.5. The molecular weight excluding hydrogens is 192 g/mol. The molecule has 0 saturated carbocycles. The fourth-order valence-corrected chi connectivity index (χ4v) is 0.969. The Kier molecular flexibility index (Phi) is 3.85. The van der Waals surface area contributed by atoms with Gasteiger partial charge in [-0.15, -0.1) is 0 Å². The molecule has 15 heavy (non-hydrogen) atoms. The van der Waals surface area contributed by atoms with Crippen molar-refractivity contribution in [2.45, 2.75) is 26.3 Å². The molecule has 0 bridgehead atoms. The average molecular weight is 210 g/mol. The van der Waals surface area contributed by atoms with Gasteiger partial charge in [-0.1, -0.05) is 0 Å². The lowest BCUT2D eigenvalue weighted by Gasteiger charge is -2.19. The molecule has 1 aromatic rings. The molecule has 3 N–H and O–H groups in total. The number of hydrogen-bond donors (Lipinski definition) is 2. The first kappa shape index (κ1) is 11.7. The number of nitrogens with two attached hydrogens (primary N) is 1. The fraction of sp³-hybridized carbons (Fsp3) is 0.600. The third-order valence-electron chi connectivity index (χ3n) is 1.63. The first-order valence-electron chi connectivity index (χ1n) is 4.99. The summed E-state index contributed by atoms with van der Waals surface area (Å²) >= 11 is 0. The number of anilines is 1. The Labute approximate surface area is 90.1 Å². The van der Waals surface area contributed by atoms with Gasteiger partial charge in [0.05, 0.1) is 19.0 Å². The summed E-state index contributed by atoms with van der Waals surface area (Å²) in [6, 6.07) is 0. The summed E-state index contributed by atoms with van der Waals surface area (Å²) in [6.45, 7) is 7.02. The lowest BCUT2D eigenvalue weighted by molar-refractivity contribution is 0.325. The van der Waals surface area contributed by atoms with E-state index in [0.717, 1.165) is 0 Å². The van der Waals surface area contributed by atoms with Gasteiger partial charge in [0.1, 0.15) is 5.82 Å². The van der Waals surface area contributed by atoms with E-state index < -0.39 is 0 Å². The van der Waals surface area contributed by atoms with E-state index in [2.05, 4.69) is 15.3 Å². The van der Waals surface area contributed by atoms with Crippen LogP contribution in [0.5, 0.6) is 5.88 Å². The number of ether oxygens (including phenoxy) is 1. The monoisotopic (exact) mass is 210 g/mol. The SMILES string of the molecule is CCOc1cncc(NCC(C)(C)N)n1. The Morgan fingerprint density at radius 2 is 2.20 bits per heavy atom. The van der Waals surface area contributed by atoms with Gasteiger partial charge < -0.3 is 15.8 Å². The van der Waals surface area contributed by atoms with Gasteiger partial charge in [-0.2, -0.15) is 4.98 Å².